The highest BCUT2D eigenvalue weighted by atomic mass is 35.5. The predicted molar refractivity (Wildman–Crippen MR) is 100 cm³/mol. The Labute approximate surface area is 157 Å². The molecular formula is C19H22ClN3O3. The number of nitrogens with one attached hydrogen (secondary N) is 1. The SMILES string of the molecule is COc1cc(-n2cccc2)c(Cl)cc1C(=O)N1CCCC(NC(C)=O)C1. The summed E-state index contributed by atoms with van der Waals surface area (Å²) in [5, 5.41) is 3.37. The lowest BCUT2D eigenvalue weighted by atomic mass is 10.0. The van der Waals surface area contributed by atoms with Gasteiger partial charge in [-0.1, -0.05) is 11.6 Å². The summed E-state index contributed by atoms with van der Waals surface area (Å²) in [5.74, 6) is 0.253. The van der Waals surface area contributed by atoms with E-state index in [1.165, 1.54) is 14.0 Å². The van der Waals surface area contributed by atoms with Crippen molar-refractivity contribution >= 4 is 23.4 Å². The second kappa shape index (κ2) is 7.83. The predicted octanol–water partition coefficient (Wildman–Crippen LogP) is 2.88. The molecule has 0 saturated carbocycles. The molecule has 1 aliphatic heterocycles. The van der Waals surface area contributed by atoms with Crippen LogP contribution in [0.2, 0.25) is 5.02 Å². The third-order valence-corrected chi connectivity index (χ3v) is 4.80. The fourth-order valence-corrected chi connectivity index (χ4v) is 3.57. The molecule has 0 aliphatic carbocycles. The molecule has 26 heavy (non-hydrogen) atoms. The minimum absolute atomic E-state index is 0.0224. The van der Waals surface area contributed by atoms with Crippen molar-refractivity contribution in [2.75, 3.05) is 20.2 Å². The highest BCUT2D eigenvalue weighted by Gasteiger charge is 2.27. The molecule has 6 nitrogen and oxygen atoms in total. The fraction of sp³-hybridized carbons (Fsp3) is 0.368. The highest BCUT2D eigenvalue weighted by Crippen LogP contribution is 2.31. The Morgan fingerprint density at radius 1 is 1.27 bits per heavy atom. The van der Waals surface area contributed by atoms with Crippen molar-refractivity contribution in [3.63, 3.8) is 0 Å². The minimum Gasteiger partial charge on any atom is -0.496 e. The number of hydrogen-bond donors (Lipinski definition) is 1. The zero-order valence-electron chi connectivity index (χ0n) is 14.9. The molecule has 1 aromatic carbocycles. The minimum atomic E-state index is -0.141. The summed E-state index contributed by atoms with van der Waals surface area (Å²) >= 11 is 6.43. The number of aromatic nitrogens is 1. The molecule has 138 valence electrons. The first kappa shape index (κ1) is 18.3. The summed E-state index contributed by atoms with van der Waals surface area (Å²) < 4.78 is 7.32. The third kappa shape index (κ3) is 3.85. The molecule has 3 rings (SSSR count). The Balaban J connectivity index is 1.87. The van der Waals surface area contributed by atoms with E-state index in [-0.39, 0.29) is 17.9 Å². The van der Waals surface area contributed by atoms with E-state index in [9.17, 15) is 9.59 Å². The zero-order chi connectivity index (χ0) is 18.7. The van der Waals surface area contributed by atoms with Crippen LogP contribution in [0.3, 0.4) is 0 Å². The first-order valence-corrected chi connectivity index (χ1v) is 8.94. The van der Waals surface area contributed by atoms with Crippen LogP contribution in [0.15, 0.2) is 36.7 Å². The summed E-state index contributed by atoms with van der Waals surface area (Å²) in [6, 6.07) is 7.20. The first-order valence-electron chi connectivity index (χ1n) is 8.57. The lowest BCUT2D eigenvalue weighted by molar-refractivity contribution is -0.120. The number of rotatable bonds is 4. The van der Waals surface area contributed by atoms with Gasteiger partial charge in [-0.2, -0.15) is 0 Å². The van der Waals surface area contributed by atoms with E-state index >= 15 is 0 Å². The van der Waals surface area contributed by atoms with E-state index in [1.807, 2.05) is 29.1 Å². The van der Waals surface area contributed by atoms with Crippen LogP contribution in [0, 0.1) is 0 Å². The average Bonchev–Trinajstić information content (AvgIpc) is 3.15. The summed E-state index contributed by atoms with van der Waals surface area (Å²) in [6.07, 6.45) is 5.47. The summed E-state index contributed by atoms with van der Waals surface area (Å²) in [4.78, 5) is 26.1. The van der Waals surface area contributed by atoms with E-state index in [0.717, 1.165) is 18.5 Å². The standard InChI is InChI=1S/C19H22ClN3O3/c1-13(24)21-14-6-5-9-23(12-14)19(25)15-10-16(20)17(11-18(15)26-2)22-7-3-4-8-22/h3-4,7-8,10-11,14H,5-6,9,12H2,1-2H3,(H,21,24). The summed E-state index contributed by atoms with van der Waals surface area (Å²) in [7, 11) is 1.54. The average molecular weight is 376 g/mol. The number of carbonyl (C=O) groups is 2. The molecule has 1 aromatic heterocycles. The lowest BCUT2D eigenvalue weighted by Crippen LogP contribution is -2.49. The molecular weight excluding hydrogens is 354 g/mol. The first-order chi connectivity index (χ1) is 12.5. The van der Waals surface area contributed by atoms with E-state index < -0.39 is 0 Å². The Hall–Kier alpha value is -2.47. The van der Waals surface area contributed by atoms with Crippen molar-refractivity contribution < 1.29 is 14.3 Å². The van der Waals surface area contributed by atoms with Crippen molar-refractivity contribution in [3.8, 4) is 11.4 Å². The van der Waals surface area contributed by atoms with Crippen LogP contribution in [0.1, 0.15) is 30.1 Å². The number of nitrogens with zero attached hydrogens (tertiary/aromatic N) is 2. The van der Waals surface area contributed by atoms with Gasteiger partial charge in [-0.15, -0.1) is 0 Å². The zero-order valence-corrected chi connectivity index (χ0v) is 15.6. The van der Waals surface area contributed by atoms with Gasteiger partial charge >= 0.3 is 0 Å². The molecule has 0 radical (unpaired) electrons. The molecule has 1 N–H and O–H groups in total. The van der Waals surface area contributed by atoms with Gasteiger partial charge in [0.15, 0.2) is 0 Å². The molecule has 2 heterocycles. The quantitative estimate of drug-likeness (QED) is 0.893. The van der Waals surface area contributed by atoms with Crippen LogP contribution >= 0.6 is 11.6 Å². The number of ether oxygens (including phenoxy) is 1. The topological polar surface area (TPSA) is 63.6 Å². The number of likely N-dealkylation sites (tertiary alicyclic amines) is 1. The molecule has 1 fully saturated rings. The Morgan fingerprint density at radius 2 is 2.00 bits per heavy atom. The van der Waals surface area contributed by atoms with Gasteiger partial charge in [-0.3, -0.25) is 9.59 Å². The molecule has 1 atom stereocenters. The van der Waals surface area contributed by atoms with E-state index in [0.29, 0.717) is 29.4 Å². The highest BCUT2D eigenvalue weighted by molar-refractivity contribution is 6.33. The molecule has 1 unspecified atom stereocenters. The second-order valence-electron chi connectivity index (χ2n) is 6.39. The van der Waals surface area contributed by atoms with Gasteiger partial charge in [-0.05, 0) is 31.0 Å². The van der Waals surface area contributed by atoms with Crippen molar-refractivity contribution in [3.05, 3.63) is 47.2 Å². The van der Waals surface area contributed by atoms with Gasteiger partial charge in [0.05, 0.1) is 23.4 Å². The van der Waals surface area contributed by atoms with E-state index in [4.69, 9.17) is 16.3 Å². The van der Waals surface area contributed by atoms with Crippen LogP contribution in [0.4, 0.5) is 0 Å². The summed E-state index contributed by atoms with van der Waals surface area (Å²) in [6.45, 7) is 2.62. The number of amides is 2. The number of hydrogen-bond acceptors (Lipinski definition) is 3. The van der Waals surface area contributed by atoms with Crippen molar-refractivity contribution in [2.45, 2.75) is 25.8 Å². The number of methoxy groups -OCH3 is 1. The van der Waals surface area contributed by atoms with Gasteiger partial charge in [0.2, 0.25) is 5.91 Å². The van der Waals surface area contributed by atoms with Crippen molar-refractivity contribution in [1.82, 2.24) is 14.8 Å². The lowest BCUT2D eigenvalue weighted by Gasteiger charge is -2.33. The van der Waals surface area contributed by atoms with E-state index in [2.05, 4.69) is 5.32 Å². The van der Waals surface area contributed by atoms with Crippen molar-refractivity contribution in [2.24, 2.45) is 0 Å². The van der Waals surface area contributed by atoms with E-state index in [1.54, 1.807) is 17.0 Å². The molecule has 1 aliphatic rings. The molecule has 2 amide bonds. The Bertz CT molecular complexity index is 805. The summed E-state index contributed by atoms with van der Waals surface area (Å²) in [5.41, 5.74) is 1.18. The maximum atomic E-state index is 13.0. The molecule has 0 spiro atoms. The van der Waals surface area contributed by atoms with Crippen LogP contribution in [-0.4, -0.2) is 47.5 Å². The van der Waals surface area contributed by atoms with Gasteiger partial charge in [-0.25, -0.2) is 0 Å². The maximum absolute atomic E-state index is 13.0. The van der Waals surface area contributed by atoms with Crippen LogP contribution in [0.25, 0.3) is 5.69 Å². The Kier molecular flexibility index (Phi) is 5.52. The number of carbonyl (C=O) groups excluding carboxylic acids is 2. The van der Waals surface area contributed by atoms with Crippen molar-refractivity contribution in [1.29, 1.82) is 0 Å². The van der Waals surface area contributed by atoms with Gasteiger partial charge in [0, 0.05) is 44.5 Å². The molecule has 0 bridgehead atoms. The molecule has 1 saturated heterocycles. The monoisotopic (exact) mass is 375 g/mol. The fourth-order valence-electron chi connectivity index (χ4n) is 3.31. The van der Waals surface area contributed by atoms with Gasteiger partial charge in [0.1, 0.15) is 5.75 Å². The second-order valence-corrected chi connectivity index (χ2v) is 6.79. The Morgan fingerprint density at radius 3 is 2.65 bits per heavy atom. The normalized spacial score (nSPS) is 17.0. The van der Waals surface area contributed by atoms with Gasteiger partial charge in [0.25, 0.3) is 5.91 Å². The molecule has 7 heteroatoms. The molecule has 2 aromatic rings. The van der Waals surface area contributed by atoms with Crippen LogP contribution in [0.5, 0.6) is 5.75 Å². The largest absolute Gasteiger partial charge is 0.496 e. The number of benzene rings is 1. The maximum Gasteiger partial charge on any atom is 0.257 e. The third-order valence-electron chi connectivity index (χ3n) is 4.50. The van der Waals surface area contributed by atoms with Crippen LogP contribution < -0.4 is 10.1 Å². The number of halogens is 1. The van der Waals surface area contributed by atoms with Gasteiger partial charge < -0.3 is 19.5 Å². The van der Waals surface area contributed by atoms with Crippen LogP contribution in [-0.2, 0) is 4.79 Å². The smallest absolute Gasteiger partial charge is 0.257 e. The number of piperidine rings is 1.